The molecular formula is C11H20O2. The predicted octanol–water partition coefficient (Wildman–Crippen LogP) is 3.28. The van der Waals surface area contributed by atoms with Crippen LogP contribution in [0, 0.1) is 5.92 Å². The first-order chi connectivity index (χ1) is 6.15. The van der Waals surface area contributed by atoms with Crippen LogP contribution < -0.4 is 0 Å². The van der Waals surface area contributed by atoms with E-state index in [1.165, 1.54) is 5.57 Å². The summed E-state index contributed by atoms with van der Waals surface area (Å²) < 4.78 is 5.04. The van der Waals surface area contributed by atoms with Crippen LogP contribution in [0.2, 0.25) is 0 Å². The summed E-state index contributed by atoms with van der Waals surface area (Å²) >= 11 is 0. The monoisotopic (exact) mass is 184 g/mol. The number of allylic oxidation sites excluding steroid dienone is 1. The minimum absolute atomic E-state index is 0.00575. The minimum atomic E-state index is -0.123. The SMILES string of the molecule is CCC(=COC(=O)C(C)CC)CC. The van der Waals surface area contributed by atoms with Gasteiger partial charge in [0.25, 0.3) is 0 Å². The van der Waals surface area contributed by atoms with Crippen molar-refractivity contribution in [3.63, 3.8) is 0 Å². The summed E-state index contributed by atoms with van der Waals surface area (Å²) in [5.41, 5.74) is 1.18. The topological polar surface area (TPSA) is 26.3 Å². The maximum absolute atomic E-state index is 11.2. The second-order valence-electron chi connectivity index (χ2n) is 3.23. The van der Waals surface area contributed by atoms with Crippen LogP contribution in [0.15, 0.2) is 11.8 Å². The lowest BCUT2D eigenvalue weighted by Crippen LogP contribution is -2.11. The van der Waals surface area contributed by atoms with Crippen molar-refractivity contribution in [3.05, 3.63) is 11.8 Å². The highest BCUT2D eigenvalue weighted by Gasteiger charge is 2.10. The van der Waals surface area contributed by atoms with E-state index >= 15 is 0 Å². The zero-order chi connectivity index (χ0) is 10.3. The van der Waals surface area contributed by atoms with Gasteiger partial charge in [0.2, 0.25) is 0 Å². The highest BCUT2D eigenvalue weighted by molar-refractivity contribution is 5.72. The van der Waals surface area contributed by atoms with Crippen molar-refractivity contribution in [3.8, 4) is 0 Å². The molecule has 0 fully saturated rings. The fraction of sp³-hybridized carbons (Fsp3) is 0.727. The first-order valence-electron chi connectivity index (χ1n) is 5.04. The van der Waals surface area contributed by atoms with Gasteiger partial charge in [0.15, 0.2) is 0 Å². The van der Waals surface area contributed by atoms with Crippen molar-refractivity contribution in [1.82, 2.24) is 0 Å². The number of ether oxygens (including phenoxy) is 1. The van der Waals surface area contributed by atoms with Crippen molar-refractivity contribution < 1.29 is 9.53 Å². The van der Waals surface area contributed by atoms with Crippen LogP contribution >= 0.6 is 0 Å². The summed E-state index contributed by atoms with van der Waals surface area (Å²) in [5.74, 6) is -0.117. The quantitative estimate of drug-likeness (QED) is 0.484. The lowest BCUT2D eigenvalue weighted by molar-refractivity contribution is -0.142. The van der Waals surface area contributed by atoms with Crippen LogP contribution in [0.1, 0.15) is 47.0 Å². The van der Waals surface area contributed by atoms with Gasteiger partial charge in [-0.1, -0.05) is 27.7 Å². The van der Waals surface area contributed by atoms with E-state index in [0.29, 0.717) is 0 Å². The molecule has 1 atom stereocenters. The lowest BCUT2D eigenvalue weighted by atomic mass is 10.1. The Morgan fingerprint density at radius 1 is 1.31 bits per heavy atom. The summed E-state index contributed by atoms with van der Waals surface area (Å²) in [4.78, 5) is 11.2. The van der Waals surface area contributed by atoms with Gasteiger partial charge in [-0.3, -0.25) is 4.79 Å². The summed E-state index contributed by atoms with van der Waals surface area (Å²) in [5, 5.41) is 0. The number of hydrogen-bond acceptors (Lipinski definition) is 2. The number of carbonyl (C=O) groups excluding carboxylic acids is 1. The molecule has 0 rings (SSSR count). The molecule has 0 bridgehead atoms. The molecule has 0 amide bonds. The van der Waals surface area contributed by atoms with E-state index in [1.807, 2.05) is 13.8 Å². The van der Waals surface area contributed by atoms with Crippen LogP contribution in [0.25, 0.3) is 0 Å². The third-order valence-corrected chi connectivity index (χ3v) is 2.26. The Bertz CT molecular complexity index is 177. The molecule has 0 spiro atoms. The number of rotatable bonds is 5. The maximum Gasteiger partial charge on any atom is 0.313 e. The second kappa shape index (κ2) is 6.70. The van der Waals surface area contributed by atoms with E-state index in [2.05, 4.69) is 13.8 Å². The van der Waals surface area contributed by atoms with E-state index in [4.69, 9.17) is 4.74 Å². The molecular weight excluding hydrogens is 164 g/mol. The van der Waals surface area contributed by atoms with Crippen LogP contribution in [0.5, 0.6) is 0 Å². The zero-order valence-electron chi connectivity index (χ0n) is 9.09. The maximum atomic E-state index is 11.2. The van der Waals surface area contributed by atoms with Gasteiger partial charge in [-0.2, -0.15) is 0 Å². The van der Waals surface area contributed by atoms with Crippen molar-refractivity contribution in [2.24, 2.45) is 5.92 Å². The standard InChI is InChI=1S/C11H20O2/c1-5-9(4)11(12)13-8-10(6-2)7-3/h8-9H,5-7H2,1-4H3. The van der Waals surface area contributed by atoms with E-state index in [1.54, 1.807) is 6.26 Å². The Hall–Kier alpha value is -0.790. The Balaban J connectivity index is 3.99. The lowest BCUT2D eigenvalue weighted by Gasteiger charge is -2.06. The third-order valence-electron chi connectivity index (χ3n) is 2.26. The average molecular weight is 184 g/mol. The first kappa shape index (κ1) is 12.2. The molecule has 0 aromatic heterocycles. The van der Waals surface area contributed by atoms with Crippen LogP contribution in [-0.2, 0) is 9.53 Å². The van der Waals surface area contributed by atoms with Crippen LogP contribution in [0.4, 0.5) is 0 Å². The molecule has 0 aromatic carbocycles. The van der Waals surface area contributed by atoms with Gasteiger partial charge in [-0.15, -0.1) is 0 Å². The predicted molar refractivity (Wildman–Crippen MR) is 54.2 cm³/mol. The number of hydrogen-bond donors (Lipinski definition) is 0. The molecule has 0 aliphatic carbocycles. The Kier molecular flexibility index (Phi) is 6.29. The molecule has 1 unspecified atom stereocenters. The van der Waals surface area contributed by atoms with E-state index in [9.17, 15) is 4.79 Å². The summed E-state index contributed by atoms with van der Waals surface area (Å²) in [6.07, 6.45) is 4.34. The normalized spacial score (nSPS) is 12.0. The summed E-state index contributed by atoms with van der Waals surface area (Å²) in [6, 6.07) is 0. The van der Waals surface area contributed by atoms with E-state index in [0.717, 1.165) is 19.3 Å². The fourth-order valence-corrected chi connectivity index (χ4v) is 0.841. The highest BCUT2D eigenvalue weighted by atomic mass is 16.5. The van der Waals surface area contributed by atoms with Crippen LogP contribution in [-0.4, -0.2) is 5.97 Å². The average Bonchev–Trinajstić information content (AvgIpc) is 2.17. The molecule has 13 heavy (non-hydrogen) atoms. The zero-order valence-corrected chi connectivity index (χ0v) is 9.09. The summed E-state index contributed by atoms with van der Waals surface area (Å²) in [6.45, 7) is 7.99. The molecule has 2 nitrogen and oxygen atoms in total. The molecule has 0 saturated heterocycles. The number of carbonyl (C=O) groups is 1. The fourth-order valence-electron chi connectivity index (χ4n) is 0.841. The molecule has 2 heteroatoms. The van der Waals surface area contributed by atoms with Crippen molar-refractivity contribution in [2.75, 3.05) is 0 Å². The Labute approximate surface area is 81.0 Å². The molecule has 0 radical (unpaired) electrons. The Morgan fingerprint density at radius 2 is 1.85 bits per heavy atom. The molecule has 0 saturated carbocycles. The minimum Gasteiger partial charge on any atom is -0.434 e. The van der Waals surface area contributed by atoms with Crippen molar-refractivity contribution in [2.45, 2.75) is 47.0 Å². The van der Waals surface area contributed by atoms with E-state index < -0.39 is 0 Å². The Morgan fingerprint density at radius 3 is 2.23 bits per heavy atom. The van der Waals surface area contributed by atoms with Gasteiger partial charge < -0.3 is 4.74 Å². The molecule has 0 heterocycles. The first-order valence-corrected chi connectivity index (χ1v) is 5.04. The molecule has 76 valence electrons. The number of esters is 1. The highest BCUT2D eigenvalue weighted by Crippen LogP contribution is 2.08. The third kappa shape index (κ3) is 4.71. The van der Waals surface area contributed by atoms with Gasteiger partial charge in [0, 0.05) is 0 Å². The molecule has 0 N–H and O–H groups in total. The van der Waals surface area contributed by atoms with Crippen LogP contribution in [0.3, 0.4) is 0 Å². The van der Waals surface area contributed by atoms with Gasteiger partial charge in [0.1, 0.15) is 0 Å². The largest absolute Gasteiger partial charge is 0.434 e. The molecule has 0 aromatic rings. The second-order valence-corrected chi connectivity index (χ2v) is 3.23. The van der Waals surface area contributed by atoms with E-state index in [-0.39, 0.29) is 11.9 Å². The molecule has 0 aliphatic rings. The smallest absolute Gasteiger partial charge is 0.313 e. The summed E-state index contributed by atoms with van der Waals surface area (Å²) in [7, 11) is 0. The van der Waals surface area contributed by atoms with Crippen molar-refractivity contribution in [1.29, 1.82) is 0 Å². The van der Waals surface area contributed by atoms with Crippen molar-refractivity contribution >= 4 is 5.97 Å². The van der Waals surface area contributed by atoms with Gasteiger partial charge in [-0.05, 0) is 24.8 Å². The van der Waals surface area contributed by atoms with Gasteiger partial charge in [0.05, 0.1) is 12.2 Å². The molecule has 0 aliphatic heterocycles. The van der Waals surface area contributed by atoms with Gasteiger partial charge in [-0.25, -0.2) is 0 Å². The van der Waals surface area contributed by atoms with Gasteiger partial charge >= 0.3 is 5.97 Å².